The molecule has 2 N–H and O–H groups in total. The first-order valence-corrected chi connectivity index (χ1v) is 9.69. The highest BCUT2D eigenvalue weighted by Crippen LogP contribution is 2.21. The summed E-state index contributed by atoms with van der Waals surface area (Å²) in [6.45, 7) is 3.92. The molecule has 6 heteroatoms. The van der Waals surface area contributed by atoms with Gasteiger partial charge in [-0.05, 0) is 56.0 Å². The molecule has 1 saturated carbocycles. The second-order valence-corrected chi connectivity index (χ2v) is 7.47. The van der Waals surface area contributed by atoms with Crippen LogP contribution in [0.5, 0.6) is 0 Å². The highest BCUT2D eigenvalue weighted by atomic mass is 16.2. The quantitative estimate of drug-likeness (QED) is 0.726. The number of pyridine rings is 1. The highest BCUT2D eigenvalue weighted by Gasteiger charge is 2.24. The molecule has 4 rings (SSSR count). The third kappa shape index (κ3) is 3.50. The zero-order valence-corrected chi connectivity index (χ0v) is 16.2. The molecular weight excluding hydrogens is 352 g/mol. The van der Waals surface area contributed by atoms with Crippen molar-refractivity contribution in [2.45, 2.75) is 45.6 Å². The molecule has 144 valence electrons. The Morgan fingerprint density at radius 3 is 2.64 bits per heavy atom. The summed E-state index contributed by atoms with van der Waals surface area (Å²) in [6, 6.07) is 11.6. The predicted molar refractivity (Wildman–Crippen MR) is 109 cm³/mol. The van der Waals surface area contributed by atoms with Crippen LogP contribution in [0.15, 0.2) is 42.6 Å². The maximum atomic E-state index is 12.9. The summed E-state index contributed by atoms with van der Waals surface area (Å²) in [5.41, 5.74) is 3.70. The van der Waals surface area contributed by atoms with Crippen molar-refractivity contribution in [3.8, 4) is 0 Å². The van der Waals surface area contributed by atoms with Gasteiger partial charge in [0.1, 0.15) is 0 Å². The zero-order chi connectivity index (χ0) is 19.7. The van der Waals surface area contributed by atoms with Gasteiger partial charge in [0.25, 0.3) is 11.8 Å². The third-order valence-corrected chi connectivity index (χ3v) is 5.30. The van der Waals surface area contributed by atoms with Gasteiger partial charge in [-0.25, -0.2) is 4.98 Å². The maximum Gasteiger partial charge on any atom is 0.292 e. The Kier molecular flexibility index (Phi) is 4.86. The fraction of sp³-hybridized carbons (Fsp3) is 0.318. The first kappa shape index (κ1) is 18.2. The van der Waals surface area contributed by atoms with E-state index in [0.29, 0.717) is 11.2 Å². The summed E-state index contributed by atoms with van der Waals surface area (Å²) in [5, 5.41) is 5.99. The Bertz CT molecular complexity index is 1050. The van der Waals surface area contributed by atoms with Crippen LogP contribution in [-0.4, -0.2) is 27.2 Å². The lowest BCUT2D eigenvalue weighted by Gasteiger charge is -2.10. The van der Waals surface area contributed by atoms with Crippen molar-refractivity contribution >= 4 is 23.0 Å². The van der Waals surface area contributed by atoms with Crippen molar-refractivity contribution in [2.24, 2.45) is 0 Å². The molecular formula is C22H24N4O2. The molecule has 0 aliphatic heterocycles. The molecule has 0 bridgehead atoms. The van der Waals surface area contributed by atoms with Gasteiger partial charge in [-0.3, -0.25) is 14.0 Å². The fourth-order valence-electron chi connectivity index (χ4n) is 3.74. The van der Waals surface area contributed by atoms with Crippen LogP contribution in [-0.2, 0) is 0 Å². The number of benzene rings is 1. The van der Waals surface area contributed by atoms with Crippen molar-refractivity contribution in [3.63, 3.8) is 0 Å². The molecule has 0 unspecified atom stereocenters. The summed E-state index contributed by atoms with van der Waals surface area (Å²) >= 11 is 0. The molecule has 1 fully saturated rings. The minimum absolute atomic E-state index is 0.195. The molecule has 3 aromatic rings. The third-order valence-electron chi connectivity index (χ3n) is 5.30. The van der Waals surface area contributed by atoms with E-state index in [9.17, 15) is 9.59 Å². The van der Waals surface area contributed by atoms with Gasteiger partial charge in [-0.2, -0.15) is 0 Å². The second-order valence-electron chi connectivity index (χ2n) is 7.47. The standard InChI is InChI=1S/C22H24N4O2/c1-14-10-11-15(2)17(13-14)24-22(28)20-25-19(18-9-5-6-12-26(18)20)21(27)23-16-7-3-4-8-16/h5-6,9-13,16H,3-4,7-8H2,1-2H3,(H,23,27)(H,24,28). The molecule has 0 spiro atoms. The van der Waals surface area contributed by atoms with E-state index in [-0.39, 0.29) is 23.7 Å². The molecule has 2 amide bonds. The summed E-state index contributed by atoms with van der Waals surface area (Å²) in [6.07, 6.45) is 6.03. The van der Waals surface area contributed by atoms with Crippen molar-refractivity contribution < 1.29 is 9.59 Å². The lowest BCUT2D eigenvalue weighted by molar-refractivity contribution is 0.0935. The summed E-state index contributed by atoms with van der Waals surface area (Å²) < 4.78 is 1.67. The van der Waals surface area contributed by atoms with Gasteiger partial charge in [0.05, 0.1) is 5.52 Å². The van der Waals surface area contributed by atoms with Gasteiger partial charge < -0.3 is 10.6 Å². The van der Waals surface area contributed by atoms with Crippen LogP contribution in [0.1, 0.15) is 57.9 Å². The minimum atomic E-state index is -0.338. The van der Waals surface area contributed by atoms with Crippen LogP contribution in [0.25, 0.3) is 5.52 Å². The Balaban J connectivity index is 1.66. The number of aromatic nitrogens is 2. The average Bonchev–Trinajstić information content (AvgIpc) is 3.32. The van der Waals surface area contributed by atoms with Gasteiger partial charge in [0.2, 0.25) is 5.82 Å². The summed E-state index contributed by atoms with van der Waals surface area (Å²) in [7, 11) is 0. The largest absolute Gasteiger partial charge is 0.348 e. The minimum Gasteiger partial charge on any atom is -0.348 e. The van der Waals surface area contributed by atoms with E-state index < -0.39 is 0 Å². The number of rotatable bonds is 4. The molecule has 0 radical (unpaired) electrons. The molecule has 1 aliphatic rings. The van der Waals surface area contributed by atoms with Crippen LogP contribution >= 0.6 is 0 Å². The van der Waals surface area contributed by atoms with E-state index in [1.807, 2.05) is 50.2 Å². The number of carbonyl (C=O) groups excluding carboxylic acids is 2. The maximum absolute atomic E-state index is 12.9. The number of carbonyl (C=O) groups is 2. The number of hydrogen-bond acceptors (Lipinski definition) is 3. The van der Waals surface area contributed by atoms with E-state index >= 15 is 0 Å². The Hall–Kier alpha value is -3.15. The molecule has 6 nitrogen and oxygen atoms in total. The zero-order valence-electron chi connectivity index (χ0n) is 16.2. The smallest absolute Gasteiger partial charge is 0.292 e. The molecule has 0 saturated heterocycles. The first-order chi connectivity index (χ1) is 13.5. The molecule has 28 heavy (non-hydrogen) atoms. The molecule has 0 atom stereocenters. The summed E-state index contributed by atoms with van der Waals surface area (Å²) in [5.74, 6) is -0.357. The van der Waals surface area contributed by atoms with Gasteiger partial charge in [0.15, 0.2) is 5.69 Å². The topological polar surface area (TPSA) is 75.5 Å². The van der Waals surface area contributed by atoms with Crippen molar-refractivity contribution in [1.82, 2.24) is 14.7 Å². The Morgan fingerprint density at radius 2 is 1.86 bits per heavy atom. The molecule has 2 aromatic heterocycles. The van der Waals surface area contributed by atoms with Gasteiger partial charge in [-0.1, -0.05) is 31.0 Å². The first-order valence-electron chi connectivity index (χ1n) is 9.69. The van der Waals surface area contributed by atoms with E-state index in [1.54, 1.807) is 10.6 Å². The number of anilines is 1. The molecule has 2 heterocycles. The normalized spacial score (nSPS) is 14.4. The number of nitrogens with one attached hydrogen (secondary N) is 2. The SMILES string of the molecule is Cc1ccc(C)c(NC(=O)c2nc(C(=O)NC3CCCC3)c3ccccn23)c1. The predicted octanol–water partition coefficient (Wildman–Crippen LogP) is 3.88. The fourth-order valence-corrected chi connectivity index (χ4v) is 3.74. The number of fused-ring (bicyclic) bond motifs is 1. The Labute approximate surface area is 164 Å². The van der Waals surface area contributed by atoms with Crippen molar-refractivity contribution in [2.75, 3.05) is 5.32 Å². The van der Waals surface area contributed by atoms with E-state index in [1.165, 1.54) is 0 Å². The average molecular weight is 376 g/mol. The lowest BCUT2D eigenvalue weighted by atomic mass is 10.1. The Morgan fingerprint density at radius 1 is 1.07 bits per heavy atom. The second kappa shape index (κ2) is 7.46. The monoisotopic (exact) mass is 376 g/mol. The van der Waals surface area contributed by atoms with Crippen LogP contribution in [0.4, 0.5) is 5.69 Å². The number of amides is 2. The molecule has 1 aliphatic carbocycles. The van der Waals surface area contributed by atoms with Crippen LogP contribution < -0.4 is 10.6 Å². The van der Waals surface area contributed by atoms with Crippen LogP contribution in [0, 0.1) is 13.8 Å². The highest BCUT2D eigenvalue weighted by molar-refractivity contribution is 6.06. The van der Waals surface area contributed by atoms with Gasteiger partial charge in [0, 0.05) is 17.9 Å². The van der Waals surface area contributed by atoms with Gasteiger partial charge in [-0.15, -0.1) is 0 Å². The van der Waals surface area contributed by atoms with Crippen LogP contribution in [0.2, 0.25) is 0 Å². The van der Waals surface area contributed by atoms with E-state index in [2.05, 4.69) is 15.6 Å². The number of hydrogen-bond donors (Lipinski definition) is 2. The van der Waals surface area contributed by atoms with Crippen molar-refractivity contribution in [3.05, 3.63) is 65.2 Å². The number of nitrogens with zero attached hydrogens (tertiary/aromatic N) is 2. The number of aryl methyl sites for hydroxylation is 2. The lowest BCUT2D eigenvalue weighted by Crippen LogP contribution is -2.33. The number of imidazole rings is 1. The summed E-state index contributed by atoms with van der Waals surface area (Å²) in [4.78, 5) is 30.2. The molecule has 1 aromatic carbocycles. The van der Waals surface area contributed by atoms with Crippen molar-refractivity contribution in [1.29, 1.82) is 0 Å². The van der Waals surface area contributed by atoms with E-state index in [4.69, 9.17) is 0 Å². The van der Waals surface area contributed by atoms with Gasteiger partial charge >= 0.3 is 0 Å². The van der Waals surface area contributed by atoms with E-state index in [0.717, 1.165) is 42.5 Å². The van der Waals surface area contributed by atoms with Crippen LogP contribution in [0.3, 0.4) is 0 Å².